The molecule has 0 fully saturated rings. The number of carbonyl (C=O) groups is 1. The fourth-order valence-corrected chi connectivity index (χ4v) is 0.616. The number of ether oxygens (including phenoxy) is 1. The summed E-state index contributed by atoms with van der Waals surface area (Å²) in [5.41, 5.74) is 0.475. The van der Waals surface area contributed by atoms with Crippen molar-refractivity contribution in [2.24, 2.45) is 5.92 Å². The molecule has 0 bridgehead atoms. The third-order valence-electron chi connectivity index (χ3n) is 2.28. The predicted molar refractivity (Wildman–Crippen MR) is 58.2 cm³/mol. The Morgan fingerprint density at radius 2 is 2.00 bits per heavy atom. The summed E-state index contributed by atoms with van der Waals surface area (Å²) in [6, 6.07) is 0. The van der Waals surface area contributed by atoms with Crippen LogP contribution in [0.2, 0.25) is 0 Å². The van der Waals surface area contributed by atoms with Crippen molar-refractivity contribution >= 4 is 6.09 Å². The lowest BCUT2D eigenvalue weighted by atomic mass is 9.95. The van der Waals surface area contributed by atoms with E-state index in [1.807, 2.05) is 34.6 Å². The van der Waals surface area contributed by atoms with Crippen LogP contribution in [0.4, 0.5) is 4.79 Å². The van der Waals surface area contributed by atoms with E-state index >= 15 is 0 Å². The first kappa shape index (κ1) is 13.0. The van der Waals surface area contributed by atoms with Crippen molar-refractivity contribution in [3.63, 3.8) is 0 Å². The summed E-state index contributed by atoms with van der Waals surface area (Å²) in [5.74, 6) is 0.290. The molecule has 14 heavy (non-hydrogen) atoms. The maximum absolute atomic E-state index is 11.3. The van der Waals surface area contributed by atoms with Crippen LogP contribution in [0.1, 0.15) is 34.6 Å². The van der Waals surface area contributed by atoms with Crippen LogP contribution in [0.5, 0.6) is 0 Å². The average Bonchev–Trinajstić information content (AvgIpc) is 1.99. The van der Waals surface area contributed by atoms with E-state index in [9.17, 15) is 4.79 Å². The zero-order valence-electron chi connectivity index (χ0n) is 9.81. The maximum Gasteiger partial charge on any atom is 0.407 e. The highest BCUT2D eigenvalue weighted by atomic mass is 16.6. The summed E-state index contributed by atoms with van der Waals surface area (Å²) in [6.07, 6.45) is -0.383. The normalized spacial score (nSPS) is 11.3. The minimum absolute atomic E-state index is 0.290. The van der Waals surface area contributed by atoms with Crippen LogP contribution >= 0.6 is 0 Å². The van der Waals surface area contributed by atoms with E-state index in [1.54, 1.807) is 0 Å². The fourth-order valence-electron chi connectivity index (χ4n) is 0.616. The molecule has 0 atom stereocenters. The molecule has 3 heteroatoms. The Labute approximate surface area is 86.5 Å². The first-order chi connectivity index (χ1) is 6.25. The van der Waals surface area contributed by atoms with Crippen molar-refractivity contribution in [2.75, 3.05) is 6.54 Å². The van der Waals surface area contributed by atoms with E-state index in [0.717, 1.165) is 5.57 Å². The van der Waals surface area contributed by atoms with Gasteiger partial charge in [-0.2, -0.15) is 0 Å². The zero-order valence-corrected chi connectivity index (χ0v) is 9.81. The van der Waals surface area contributed by atoms with Crippen molar-refractivity contribution in [3.8, 4) is 0 Å². The highest BCUT2D eigenvalue weighted by molar-refractivity contribution is 5.68. The van der Waals surface area contributed by atoms with Gasteiger partial charge in [0.2, 0.25) is 0 Å². The van der Waals surface area contributed by atoms with Crippen molar-refractivity contribution in [1.29, 1.82) is 0 Å². The van der Waals surface area contributed by atoms with Gasteiger partial charge in [0.25, 0.3) is 0 Å². The largest absolute Gasteiger partial charge is 0.443 e. The molecule has 1 N–H and O–H groups in total. The van der Waals surface area contributed by atoms with E-state index in [0.29, 0.717) is 6.54 Å². The van der Waals surface area contributed by atoms with E-state index in [4.69, 9.17) is 4.74 Å². The van der Waals surface area contributed by atoms with Gasteiger partial charge in [-0.15, -0.1) is 0 Å². The molecule has 0 aliphatic heterocycles. The van der Waals surface area contributed by atoms with Gasteiger partial charge in [0.15, 0.2) is 0 Å². The molecule has 0 rings (SSSR count). The fraction of sp³-hybridized carbons (Fsp3) is 0.727. The Bertz CT molecular complexity index is 219. The number of hydrogen-bond donors (Lipinski definition) is 1. The van der Waals surface area contributed by atoms with Gasteiger partial charge in [0, 0.05) is 6.54 Å². The van der Waals surface area contributed by atoms with Gasteiger partial charge in [-0.1, -0.05) is 26.0 Å². The van der Waals surface area contributed by atoms with Gasteiger partial charge in [-0.3, -0.25) is 0 Å². The standard InChI is InChI=1S/C11H21NO2/c1-8(2)7-12-10(13)14-11(5,6)9(3)4/h9H,1,7H2,2-6H3,(H,12,13). The van der Waals surface area contributed by atoms with E-state index in [2.05, 4.69) is 11.9 Å². The molecular formula is C11H21NO2. The van der Waals surface area contributed by atoms with Gasteiger partial charge in [-0.05, 0) is 26.7 Å². The summed E-state index contributed by atoms with van der Waals surface area (Å²) < 4.78 is 5.26. The molecule has 0 unspecified atom stereocenters. The lowest BCUT2D eigenvalue weighted by molar-refractivity contribution is 0.00559. The zero-order chi connectivity index (χ0) is 11.4. The molecule has 0 spiro atoms. The van der Waals surface area contributed by atoms with Gasteiger partial charge >= 0.3 is 6.09 Å². The van der Waals surface area contributed by atoms with Crippen LogP contribution in [0.3, 0.4) is 0 Å². The molecule has 0 saturated carbocycles. The Morgan fingerprint density at radius 3 is 2.36 bits per heavy atom. The van der Waals surface area contributed by atoms with Crippen molar-refractivity contribution in [3.05, 3.63) is 12.2 Å². The molecular weight excluding hydrogens is 178 g/mol. The summed E-state index contributed by atoms with van der Waals surface area (Å²) >= 11 is 0. The van der Waals surface area contributed by atoms with Gasteiger partial charge < -0.3 is 10.1 Å². The Kier molecular flexibility index (Phi) is 4.68. The molecule has 0 aromatic carbocycles. The van der Waals surface area contributed by atoms with Crippen LogP contribution in [0.25, 0.3) is 0 Å². The molecule has 0 radical (unpaired) electrons. The first-order valence-electron chi connectivity index (χ1n) is 4.87. The molecule has 1 amide bonds. The minimum atomic E-state index is -0.431. The van der Waals surface area contributed by atoms with Crippen LogP contribution in [-0.4, -0.2) is 18.2 Å². The quantitative estimate of drug-likeness (QED) is 0.707. The first-order valence-corrected chi connectivity index (χ1v) is 4.87. The lowest BCUT2D eigenvalue weighted by Crippen LogP contribution is -2.38. The minimum Gasteiger partial charge on any atom is -0.443 e. The third-order valence-corrected chi connectivity index (χ3v) is 2.28. The number of alkyl carbamates (subject to hydrolysis) is 1. The highest BCUT2D eigenvalue weighted by Crippen LogP contribution is 2.20. The summed E-state index contributed by atoms with van der Waals surface area (Å²) in [4.78, 5) is 11.3. The van der Waals surface area contributed by atoms with E-state index < -0.39 is 5.60 Å². The second-order valence-corrected chi connectivity index (χ2v) is 4.46. The molecule has 0 aromatic rings. The number of rotatable bonds is 4. The Balaban J connectivity index is 4.00. The van der Waals surface area contributed by atoms with E-state index in [1.165, 1.54) is 0 Å². The Hall–Kier alpha value is -0.990. The summed E-state index contributed by atoms with van der Waals surface area (Å²) in [6.45, 7) is 13.9. The molecule has 0 aliphatic rings. The van der Waals surface area contributed by atoms with Crippen LogP contribution < -0.4 is 5.32 Å². The van der Waals surface area contributed by atoms with Crippen molar-refractivity contribution < 1.29 is 9.53 Å². The Morgan fingerprint density at radius 1 is 1.50 bits per heavy atom. The number of nitrogens with one attached hydrogen (secondary N) is 1. The predicted octanol–water partition coefficient (Wildman–Crippen LogP) is 2.72. The SMILES string of the molecule is C=C(C)CNC(=O)OC(C)(C)C(C)C. The number of hydrogen-bond acceptors (Lipinski definition) is 2. The third kappa shape index (κ3) is 4.90. The van der Waals surface area contributed by atoms with E-state index in [-0.39, 0.29) is 12.0 Å². The summed E-state index contributed by atoms with van der Waals surface area (Å²) in [7, 11) is 0. The van der Waals surface area contributed by atoms with Crippen LogP contribution in [0.15, 0.2) is 12.2 Å². The summed E-state index contributed by atoms with van der Waals surface area (Å²) in [5, 5.41) is 2.63. The molecule has 0 aromatic heterocycles. The van der Waals surface area contributed by atoms with Crippen molar-refractivity contribution in [1.82, 2.24) is 5.32 Å². The number of carbonyl (C=O) groups excluding carboxylic acids is 1. The molecule has 82 valence electrons. The molecule has 0 saturated heterocycles. The van der Waals surface area contributed by atoms with Gasteiger partial charge in [-0.25, -0.2) is 4.79 Å². The van der Waals surface area contributed by atoms with Gasteiger partial charge in [0.05, 0.1) is 0 Å². The number of amides is 1. The second-order valence-electron chi connectivity index (χ2n) is 4.46. The smallest absolute Gasteiger partial charge is 0.407 e. The van der Waals surface area contributed by atoms with Gasteiger partial charge in [0.1, 0.15) is 5.60 Å². The molecule has 3 nitrogen and oxygen atoms in total. The average molecular weight is 199 g/mol. The maximum atomic E-state index is 11.3. The molecule has 0 aliphatic carbocycles. The van der Waals surface area contributed by atoms with Crippen LogP contribution in [-0.2, 0) is 4.74 Å². The second kappa shape index (κ2) is 5.03. The van der Waals surface area contributed by atoms with Crippen LogP contribution in [0, 0.1) is 5.92 Å². The lowest BCUT2D eigenvalue weighted by Gasteiger charge is -2.29. The monoisotopic (exact) mass is 199 g/mol. The van der Waals surface area contributed by atoms with Crippen molar-refractivity contribution in [2.45, 2.75) is 40.2 Å². The highest BCUT2D eigenvalue weighted by Gasteiger charge is 2.26. The topological polar surface area (TPSA) is 38.3 Å². The molecule has 0 heterocycles.